The molecule has 0 unspecified atom stereocenters. The molecule has 0 aliphatic heterocycles. The van der Waals surface area contributed by atoms with Crippen molar-refractivity contribution in [2.45, 2.75) is 38.5 Å². The van der Waals surface area contributed by atoms with Crippen LogP contribution < -0.4 is 0 Å². The van der Waals surface area contributed by atoms with Gasteiger partial charge >= 0.3 is 0 Å². The summed E-state index contributed by atoms with van der Waals surface area (Å²) in [5.74, 6) is 0.723. The van der Waals surface area contributed by atoms with Crippen LogP contribution in [0.1, 0.15) is 49.9 Å². The van der Waals surface area contributed by atoms with Crippen LogP contribution in [0.25, 0.3) is 88.8 Å². The molecule has 2 aliphatic rings. The predicted octanol–water partition coefficient (Wildman–Crippen LogP) is 14.1. The lowest BCUT2D eigenvalue weighted by Crippen LogP contribution is -2.15. The van der Waals surface area contributed by atoms with Gasteiger partial charge in [-0.3, -0.25) is 0 Å². The number of nitrogens with zero attached hydrogens (tertiary/aromatic N) is 2. The molecule has 0 atom stereocenters. The van der Waals surface area contributed by atoms with Crippen LogP contribution >= 0.6 is 0 Å². The summed E-state index contributed by atoms with van der Waals surface area (Å²) in [6.45, 7) is 9.43. The Hall–Kier alpha value is -6.64. The minimum atomic E-state index is -0.129. The van der Waals surface area contributed by atoms with E-state index >= 15 is 0 Å². The van der Waals surface area contributed by atoms with E-state index in [9.17, 15) is 0 Å². The Morgan fingerprint density at radius 1 is 0.357 bits per heavy atom. The molecule has 9 aromatic rings. The minimum Gasteiger partial charge on any atom is -0.228 e. The van der Waals surface area contributed by atoms with E-state index in [4.69, 9.17) is 9.97 Å². The molecule has 0 saturated heterocycles. The highest BCUT2D eigenvalue weighted by molar-refractivity contribution is 6.09. The van der Waals surface area contributed by atoms with Crippen LogP contribution in [-0.4, -0.2) is 9.97 Å². The highest BCUT2D eigenvalue weighted by Gasteiger charge is 2.39. The summed E-state index contributed by atoms with van der Waals surface area (Å²) in [7, 11) is 0. The third-order valence-electron chi connectivity index (χ3n) is 12.7. The monoisotopic (exact) mass is 716 g/mol. The van der Waals surface area contributed by atoms with Crippen molar-refractivity contribution < 1.29 is 0 Å². The van der Waals surface area contributed by atoms with Gasteiger partial charge in [-0.05, 0) is 83.2 Å². The molecule has 11 rings (SSSR count). The Morgan fingerprint density at radius 3 is 1.68 bits per heavy atom. The predicted molar refractivity (Wildman–Crippen MR) is 234 cm³/mol. The Bertz CT molecular complexity index is 3080. The number of hydrogen-bond donors (Lipinski definition) is 0. The lowest BCUT2D eigenvalue weighted by molar-refractivity contribution is 0.660. The van der Waals surface area contributed by atoms with Gasteiger partial charge in [0.25, 0.3) is 0 Å². The first-order chi connectivity index (χ1) is 27.3. The molecule has 0 fully saturated rings. The van der Waals surface area contributed by atoms with Gasteiger partial charge in [-0.25, -0.2) is 9.97 Å². The van der Waals surface area contributed by atoms with Crippen molar-refractivity contribution in [2.75, 3.05) is 0 Å². The molecule has 0 radical (unpaired) electrons. The smallest absolute Gasteiger partial charge is 0.160 e. The van der Waals surface area contributed by atoms with E-state index in [0.717, 1.165) is 33.9 Å². The fourth-order valence-corrected chi connectivity index (χ4v) is 10.0. The summed E-state index contributed by atoms with van der Waals surface area (Å²) in [6, 6.07) is 62.0. The SMILES string of the molecule is CC1(C)c2ccccc2-c2c(-c3cc(-c4ccc(-c5cccc6c5-c5ccc7ccccc7c5C6(C)C)c5ccccc45)nc(-c4ccccc4)n3)cccc21. The van der Waals surface area contributed by atoms with Crippen molar-refractivity contribution >= 4 is 21.5 Å². The van der Waals surface area contributed by atoms with Gasteiger partial charge in [0, 0.05) is 27.5 Å². The zero-order chi connectivity index (χ0) is 37.8. The average molecular weight is 717 g/mol. The van der Waals surface area contributed by atoms with Crippen molar-refractivity contribution in [3.63, 3.8) is 0 Å². The standard InChI is InChI=1S/C54H40N2/c1-53(2)44-25-13-12-22-41(44)50-42(24-15-26-45(50)53)48-32-47(55-52(56-48)34-17-6-5-7-18-34)39-31-30-38(36-20-10-11-21-37(36)39)40-23-14-27-46-49(40)43-29-28-33-16-8-9-19-35(33)51(43)54(46,3)4/h5-32H,1-4H3. The van der Waals surface area contributed by atoms with E-state index in [1.807, 2.05) is 6.07 Å². The van der Waals surface area contributed by atoms with Gasteiger partial charge < -0.3 is 0 Å². The summed E-state index contributed by atoms with van der Waals surface area (Å²) in [6.07, 6.45) is 0. The summed E-state index contributed by atoms with van der Waals surface area (Å²) >= 11 is 0. The first kappa shape index (κ1) is 32.8. The molecule has 2 heteroatoms. The molecule has 1 heterocycles. The summed E-state index contributed by atoms with van der Waals surface area (Å²) < 4.78 is 0. The maximum atomic E-state index is 5.34. The highest BCUT2D eigenvalue weighted by Crippen LogP contribution is 2.55. The van der Waals surface area contributed by atoms with Crippen molar-refractivity contribution in [1.82, 2.24) is 9.97 Å². The van der Waals surface area contributed by atoms with Crippen LogP contribution in [0, 0.1) is 0 Å². The fraction of sp³-hybridized carbons (Fsp3) is 0.111. The second kappa shape index (κ2) is 11.9. The van der Waals surface area contributed by atoms with Crippen molar-refractivity contribution in [3.8, 4) is 67.3 Å². The summed E-state index contributed by atoms with van der Waals surface area (Å²) in [4.78, 5) is 10.7. The van der Waals surface area contributed by atoms with Gasteiger partial charge in [0.2, 0.25) is 0 Å². The third-order valence-corrected chi connectivity index (χ3v) is 12.7. The Labute approximate surface area is 328 Å². The third kappa shape index (κ3) is 4.62. The van der Waals surface area contributed by atoms with Crippen LogP contribution in [0.3, 0.4) is 0 Å². The van der Waals surface area contributed by atoms with Gasteiger partial charge in [-0.2, -0.15) is 0 Å². The van der Waals surface area contributed by atoms with Crippen LogP contribution in [-0.2, 0) is 10.8 Å². The maximum absolute atomic E-state index is 5.34. The van der Waals surface area contributed by atoms with E-state index < -0.39 is 0 Å². The van der Waals surface area contributed by atoms with Crippen LogP contribution in [0.4, 0.5) is 0 Å². The van der Waals surface area contributed by atoms with Crippen molar-refractivity contribution in [2.24, 2.45) is 0 Å². The number of rotatable bonds is 4. The van der Waals surface area contributed by atoms with E-state index in [-0.39, 0.29) is 10.8 Å². The van der Waals surface area contributed by atoms with Crippen LogP contribution in [0.2, 0.25) is 0 Å². The quantitative estimate of drug-likeness (QED) is 0.181. The van der Waals surface area contributed by atoms with E-state index in [2.05, 4.69) is 191 Å². The van der Waals surface area contributed by atoms with Crippen LogP contribution in [0.5, 0.6) is 0 Å². The lowest BCUT2D eigenvalue weighted by atomic mass is 9.80. The molecule has 2 nitrogen and oxygen atoms in total. The first-order valence-corrected chi connectivity index (χ1v) is 19.7. The topological polar surface area (TPSA) is 25.8 Å². The van der Waals surface area contributed by atoms with E-state index in [1.54, 1.807) is 0 Å². The number of hydrogen-bond acceptors (Lipinski definition) is 2. The van der Waals surface area contributed by atoms with E-state index in [0.29, 0.717) is 0 Å². The Morgan fingerprint density at radius 2 is 0.893 bits per heavy atom. The number of aromatic nitrogens is 2. The Balaban J connectivity index is 1.13. The van der Waals surface area contributed by atoms with Crippen molar-refractivity contribution in [3.05, 3.63) is 192 Å². The molecule has 266 valence electrons. The maximum Gasteiger partial charge on any atom is 0.160 e. The molecule has 8 aromatic carbocycles. The molecule has 0 N–H and O–H groups in total. The molecular formula is C54H40N2. The zero-order valence-corrected chi connectivity index (χ0v) is 32.1. The van der Waals surface area contributed by atoms with Gasteiger partial charge in [0.1, 0.15) is 0 Å². The minimum absolute atomic E-state index is 0.105. The molecular weight excluding hydrogens is 677 g/mol. The van der Waals surface area contributed by atoms with Crippen molar-refractivity contribution in [1.29, 1.82) is 0 Å². The molecule has 56 heavy (non-hydrogen) atoms. The second-order valence-corrected chi connectivity index (χ2v) is 16.5. The van der Waals surface area contributed by atoms with Gasteiger partial charge in [0.05, 0.1) is 11.4 Å². The fourth-order valence-electron chi connectivity index (χ4n) is 10.0. The molecule has 0 amide bonds. The zero-order valence-electron chi connectivity index (χ0n) is 32.1. The number of fused-ring (bicyclic) bond motifs is 9. The second-order valence-electron chi connectivity index (χ2n) is 16.5. The van der Waals surface area contributed by atoms with E-state index in [1.165, 1.54) is 77.2 Å². The number of benzene rings is 8. The largest absolute Gasteiger partial charge is 0.228 e. The molecule has 0 saturated carbocycles. The summed E-state index contributed by atoms with van der Waals surface area (Å²) in [5.41, 5.74) is 18.0. The summed E-state index contributed by atoms with van der Waals surface area (Å²) in [5, 5.41) is 5.01. The average Bonchev–Trinajstić information content (AvgIpc) is 3.63. The highest BCUT2D eigenvalue weighted by atomic mass is 14.9. The van der Waals surface area contributed by atoms with Gasteiger partial charge in [-0.1, -0.05) is 191 Å². The van der Waals surface area contributed by atoms with Gasteiger partial charge in [-0.15, -0.1) is 0 Å². The molecule has 0 bridgehead atoms. The first-order valence-electron chi connectivity index (χ1n) is 19.7. The lowest BCUT2D eigenvalue weighted by Gasteiger charge is -2.23. The normalized spacial score (nSPS) is 14.4. The van der Waals surface area contributed by atoms with Gasteiger partial charge in [0.15, 0.2) is 5.82 Å². The molecule has 0 spiro atoms. The molecule has 2 aliphatic carbocycles. The molecule has 1 aromatic heterocycles. The Kier molecular flexibility index (Phi) is 6.98. The van der Waals surface area contributed by atoms with Crippen LogP contribution in [0.15, 0.2) is 170 Å².